The van der Waals surface area contributed by atoms with Gasteiger partial charge in [-0.1, -0.05) is 11.6 Å². The first-order valence-corrected chi connectivity index (χ1v) is 7.42. The van der Waals surface area contributed by atoms with Gasteiger partial charge >= 0.3 is 0 Å². The summed E-state index contributed by atoms with van der Waals surface area (Å²) in [5.74, 6) is 0.341. The molecule has 1 aliphatic heterocycles. The lowest BCUT2D eigenvalue weighted by molar-refractivity contribution is 0.0505. The Kier molecular flexibility index (Phi) is 5.78. The Bertz CT molecular complexity index is 438. The van der Waals surface area contributed by atoms with E-state index in [2.05, 4.69) is 4.90 Å². The van der Waals surface area contributed by atoms with Crippen LogP contribution in [0.25, 0.3) is 0 Å². The minimum absolute atomic E-state index is 0.142. The van der Waals surface area contributed by atoms with Gasteiger partial charge in [0.1, 0.15) is 5.82 Å². The lowest BCUT2D eigenvalue weighted by Crippen LogP contribution is -2.36. The first-order chi connectivity index (χ1) is 9.61. The van der Waals surface area contributed by atoms with Crippen LogP contribution < -0.4 is 5.73 Å². The number of likely N-dealkylation sites (N-methyl/N-ethyl adjacent to an activating group) is 1. The van der Waals surface area contributed by atoms with Crippen LogP contribution in [0.15, 0.2) is 18.2 Å². The SMILES string of the molecule is CN(CC1CCOCC1)C(CN)c1cc(Cl)ccc1F. The molecule has 1 heterocycles. The molecule has 1 fully saturated rings. The van der Waals surface area contributed by atoms with Gasteiger partial charge in [0.15, 0.2) is 0 Å². The second kappa shape index (κ2) is 7.36. The highest BCUT2D eigenvalue weighted by Gasteiger charge is 2.23. The fraction of sp³-hybridized carbons (Fsp3) is 0.600. The van der Waals surface area contributed by atoms with Gasteiger partial charge in [-0.3, -0.25) is 4.90 Å². The van der Waals surface area contributed by atoms with Crippen molar-refractivity contribution in [3.63, 3.8) is 0 Å². The molecule has 2 rings (SSSR count). The van der Waals surface area contributed by atoms with Crippen LogP contribution in [-0.2, 0) is 4.74 Å². The topological polar surface area (TPSA) is 38.5 Å². The number of hydrogen-bond donors (Lipinski definition) is 1. The summed E-state index contributed by atoms with van der Waals surface area (Å²) in [5.41, 5.74) is 6.43. The van der Waals surface area contributed by atoms with E-state index >= 15 is 0 Å². The number of ether oxygens (including phenoxy) is 1. The quantitative estimate of drug-likeness (QED) is 0.909. The Morgan fingerprint density at radius 3 is 2.80 bits per heavy atom. The minimum Gasteiger partial charge on any atom is -0.381 e. The molecular formula is C15H22ClFN2O. The Morgan fingerprint density at radius 1 is 1.45 bits per heavy atom. The van der Waals surface area contributed by atoms with Crippen molar-refractivity contribution in [3.05, 3.63) is 34.6 Å². The molecule has 1 unspecified atom stereocenters. The van der Waals surface area contributed by atoms with E-state index in [1.165, 1.54) is 6.07 Å². The fourth-order valence-corrected chi connectivity index (χ4v) is 2.96. The summed E-state index contributed by atoms with van der Waals surface area (Å²) in [4.78, 5) is 2.13. The summed E-state index contributed by atoms with van der Waals surface area (Å²) < 4.78 is 19.4. The minimum atomic E-state index is -0.247. The van der Waals surface area contributed by atoms with E-state index in [4.69, 9.17) is 22.1 Å². The molecule has 0 saturated carbocycles. The van der Waals surface area contributed by atoms with Crippen molar-refractivity contribution in [1.29, 1.82) is 0 Å². The average Bonchev–Trinajstić information content (AvgIpc) is 2.44. The van der Waals surface area contributed by atoms with Crippen molar-refractivity contribution in [1.82, 2.24) is 4.90 Å². The number of hydrogen-bond acceptors (Lipinski definition) is 3. The fourth-order valence-electron chi connectivity index (χ4n) is 2.78. The molecule has 1 atom stereocenters. The van der Waals surface area contributed by atoms with E-state index in [0.29, 0.717) is 23.0 Å². The van der Waals surface area contributed by atoms with Crippen LogP contribution in [0.3, 0.4) is 0 Å². The molecule has 1 aromatic carbocycles. The molecule has 0 aliphatic carbocycles. The van der Waals surface area contributed by atoms with Crippen LogP contribution >= 0.6 is 11.6 Å². The zero-order valence-corrected chi connectivity index (χ0v) is 12.6. The monoisotopic (exact) mass is 300 g/mol. The third kappa shape index (κ3) is 3.92. The van der Waals surface area contributed by atoms with Gasteiger partial charge in [0.25, 0.3) is 0 Å². The number of benzene rings is 1. The third-order valence-electron chi connectivity index (χ3n) is 3.96. The van der Waals surface area contributed by atoms with E-state index < -0.39 is 0 Å². The van der Waals surface area contributed by atoms with Gasteiger partial charge in [-0.2, -0.15) is 0 Å². The number of nitrogens with zero attached hydrogens (tertiary/aromatic N) is 1. The molecule has 5 heteroatoms. The molecule has 1 aromatic rings. The molecule has 3 nitrogen and oxygen atoms in total. The van der Waals surface area contributed by atoms with E-state index in [0.717, 1.165) is 32.6 Å². The van der Waals surface area contributed by atoms with Crippen LogP contribution in [0, 0.1) is 11.7 Å². The first-order valence-electron chi connectivity index (χ1n) is 7.04. The zero-order chi connectivity index (χ0) is 14.5. The summed E-state index contributed by atoms with van der Waals surface area (Å²) in [5, 5.41) is 0.541. The summed E-state index contributed by atoms with van der Waals surface area (Å²) in [7, 11) is 1.99. The van der Waals surface area contributed by atoms with Crippen molar-refractivity contribution in [2.75, 3.05) is 33.4 Å². The third-order valence-corrected chi connectivity index (χ3v) is 4.19. The standard InChI is InChI=1S/C15H22ClFN2O/c1-19(10-11-4-6-20-7-5-11)15(9-18)13-8-12(16)2-3-14(13)17/h2-3,8,11,15H,4-7,9-10,18H2,1H3. The molecule has 0 aromatic heterocycles. The van der Waals surface area contributed by atoms with E-state index in [1.54, 1.807) is 12.1 Å². The highest BCUT2D eigenvalue weighted by molar-refractivity contribution is 6.30. The van der Waals surface area contributed by atoms with E-state index in [1.807, 2.05) is 7.05 Å². The predicted molar refractivity (Wildman–Crippen MR) is 79.4 cm³/mol. The van der Waals surface area contributed by atoms with Gasteiger partial charge in [-0.05, 0) is 44.0 Å². The maximum Gasteiger partial charge on any atom is 0.128 e. The molecule has 0 amide bonds. The summed E-state index contributed by atoms with van der Waals surface area (Å²) in [6.45, 7) is 2.91. The highest BCUT2D eigenvalue weighted by atomic mass is 35.5. The molecule has 112 valence electrons. The van der Waals surface area contributed by atoms with Gasteiger partial charge < -0.3 is 10.5 Å². The maximum absolute atomic E-state index is 14.0. The molecular weight excluding hydrogens is 279 g/mol. The Balaban J connectivity index is 2.07. The van der Waals surface area contributed by atoms with Crippen LogP contribution in [0.1, 0.15) is 24.4 Å². The van der Waals surface area contributed by atoms with Crippen LogP contribution in [0.4, 0.5) is 4.39 Å². The predicted octanol–water partition coefficient (Wildman–Crippen LogP) is 2.84. The normalized spacial score (nSPS) is 18.4. The smallest absolute Gasteiger partial charge is 0.128 e. The van der Waals surface area contributed by atoms with Gasteiger partial charge in [-0.25, -0.2) is 4.39 Å². The number of rotatable bonds is 5. The van der Waals surface area contributed by atoms with Crippen LogP contribution in [-0.4, -0.2) is 38.3 Å². The van der Waals surface area contributed by atoms with Crippen molar-refractivity contribution in [3.8, 4) is 0 Å². The van der Waals surface area contributed by atoms with Gasteiger partial charge in [0, 0.05) is 42.9 Å². The van der Waals surface area contributed by atoms with Crippen molar-refractivity contribution in [2.24, 2.45) is 11.7 Å². The van der Waals surface area contributed by atoms with Gasteiger partial charge in [-0.15, -0.1) is 0 Å². The molecule has 2 N–H and O–H groups in total. The first kappa shape index (κ1) is 15.7. The molecule has 1 saturated heterocycles. The summed E-state index contributed by atoms with van der Waals surface area (Å²) in [6, 6.07) is 4.50. The molecule has 20 heavy (non-hydrogen) atoms. The Hall–Kier alpha value is -0.680. The second-order valence-corrected chi connectivity index (χ2v) is 5.85. The van der Waals surface area contributed by atoms with Gasteiger partial charge in [0.2, 0.25) is 0 Å². The average molecular weight is 301 g/mol. The number of nitrogens with two attached hydrogens (primary N) is 1. The molecule has 0 spiro atoms. The number of halogens is 2. The lowest BCUT2D eigenvalue weighted by Gasteiger charge is -2.32. The van der Waals surface area contributed by atoms with Crippen LogP contribution in [0.2, 0.25) is 5.02 Å². The van der Waals surface area contributed by atoms with E-state index in [-0.39, 0.29) is 11.9 Å². The highest BCUT2D eigenvalue weighted by Crippen LogP contribution is 2.26. The van der Waals surface area contributed by atoms with Crippen molar-refractivity contribution < 1.29 is 9.13 Å². The second-order valence-electron chi connectivity index (χ2n) is 5.41. The van der Waals surface area contributed by atoms with Crippen molar-refractivity contribution >= 4 is 11.6 Å². The van der Waals surface area contributed by atoms with Crippen molar-refractivity contribution in [2.45, 2.75) is 18.9 Å². The molecule has 0 radical (unpaired) electrons. The van der Waals surface area contributed by atoms with Crippen LogP contribution in [0.5, 0.6) is 0 Å². The summed E-state index contributed by atoms with van der Waals surface area (Å²) in [6.07, 6.45) is 2.11. The lowest BCUT2D eigenvalue weighted by atomic mass is 9.97. The molecule has 0 bridgehead atoms. The maximum atomic E-state index is 14.0. The largest absolute Gasteiger partial charge is 0.381 e. The van der Waals surface area contributed by atoms with Gasteiger partial charge in [0.05, 0.1) is 0 Å². The van der Waals surface area contributed by atoms with E-state index in [9.17, 15) is 4.39 Å². The molecule has 1 aliphatic rings. The Labute approximate surface area is 124 Å². The summed E-state index contributed by atoms with van der Waals surface area (Å²) >= 11 is 5.97. The Morgan fingerprint density at radius 2 is 2.15 bits per heavy atom. The zero-order valence-electron chi connectivity index (χ0n) is 11.8.